The molecular weight excluding hydrogens is 386 g/mol. The number of ether oxygens (including phenoxy) is 1. The van der Waals surface area contributed by atoms with E-state index in [1.54, 1.807) is 7.11 Å². The van der Waals surface area contributed by atoms with Gasteiger partial charge in [-0.1, -0.05) is 26.0 Å². The van der Waals surface area contributed by atoms with Crippen LogP contribution in [0.1, 0.15) is 51.6 Å². The highest BCUT2D eigenvalue weighted by Gasteiger charge is 2.32. The lowest BCUT2D eigenvalue weighted by Gasteiger charge is -2.39. The molecule has 0 bridgehead atoms. The molecule has 2 aliphatic rings. The van der Waals surface area contributed by atoms with Gasteiger partial charge in [-0.05, 0) is 76.5 Å². The highest BCUT2D eigenvalue weighted by molar-refractivity contribution is 5.80. The molecule has 1 aromatic carbocycles. The lowest BCUT2D eigenvalue weighted by atomic mass is 9.85. The second-order valence-electron chi connectivity index (χ2n) is 8.91. The van der Waals surface area contributed by atoms with Crippen LogP contribution in [0, 0.1) is 5.92 Å². The van der Waals surface area contributed by atoms with Crippen molar-refractivity contribution < 1.29 is 4.74 Å². The van der Waals surface area contributed by atoms with Gasteiger partial charge in [0.25, 0.3) is 0 Å². The van der Waals surface area contributed by atoms with Crippen molar-refractivity contribution in [2.24, 2.45) is 10.9 Å². The van der Waals surface area contributed by atoms with Crippen molar-refractivity contribution in [3.63, 3.8) is 0 Å². The first kappa shape index (κ1) is 23.9. The Morgan fingerprint density at radius 3 is 2.52 bits per heavy atom. The van der Waals surface area contributed by atoms with Gasteiger partial charge in [0.2, 0.25) is 0 Å². The molecule has 6 heteroatoms. The lowest BCUT2D eigenvalue weighted by Crippen LogP contribution is -2.44. The molecule has 0 saturated carbocycles. The molecule has 0 aliphatic carbocycles. The van der Waals surface area contributed by atoms with Gasteiger partial charge in [0.05, 0.1) is 7.11 Å². The van der Waals surface area contributed by atoms with E-state index in [9.17, 15) is 0 Å². The van der Waals surface area contributed by atoms with Crippen molar-refractivity contribution in [1.29, 1.82) is 0 Å². The van der Waals surface area contributed by atoms with E-state index >= 15 is 0 Å². The Morgan fingerprint density at radius 2 is 1.87 bits per heavy atom. The molecule has 3 rings (SSSR count). The molecule has 0 radical (unpaired) electrons. The number of hydrogen-bond donors (Lipinski definition) is 1. The van der Waals surface area contributed by atoms with Gasteiger partial charge < -0.3 is 15.0 Å². The van der Waals surface area contributed by atoms with Crippen LogP contribution >= 0.6 is 0 Å². The quantitative estimate of drug-likeness (QED) is 0.506. The largest absolute Gasteiger partial charge is 0.497 e. The van der Waals surface area contributed by atoms with Crippen molar-refractivity contribution in [3.8, 4) is 5.75 Å². The molecule has 6 nitrogen and oxygen atoms in total. The number of aliphatic imine (C=N–C) groups is 1. The second kappa shape index (κ2) is 11.7. The number of benzene rings is 1. The Bertz CT molecular complexity index is 688. The Hall–Kier alpha value is -1.79. The molecule has 1 N–H and O–H groups in total. The highest BCUT2D eigenvalue weighted by Crippen LogP contribution is 2.36. The summed E-state index contributed by atoms with van der Waals surface area (Å²) in [7, 11) is 3.98. The van der Waals surface area contributed by atoms with E-state index in [1.165, 1.54) is 24.8 Å². The smallest absolute Gasteiger partial charge is 0.193 e. The molecule has 2 aliphatic heterocycles. The van der Waals surface area contributed by atoms with Crippen molar-refractivity contribution >= 4 is 5.96 Å². The van der Waals surface area contributed by atoms with Gasteiger partial charge in [0.1, 0.15) is 5.75 Å². The van der Waals surface area contributed by atoms with Crippen LogP contribution in [0.15, 0.2) is 29.3 Å². The number of rotatable bonds is 8. The zero-order valence-electron chi connectivity index (χ0n) is 20.3. The van der Waals surface area contributed by atoms with Crippen molar-refractivity contribution in [2.75, 3.05) is 60.0 Å². The second-order valence-corrected chi connectivity index (χ2v) is 8.91. The first-order chi connectivity index (χ1) is 15.1. The molecule has 0 amide bonds. The SMILES string of the molecule is CCNC(=NCC1CCCN(C)C1c1ccc(OC)cc1)N1CCC(N(CC)CC)C1. The van der Waals surface area contributed by atoms with Crippen molar-refractivity contribution in [1.82, 2.24) is 20.0 Å². The summed E-state index contributed by atoms with van der Waals surface area (Å²) in [5.41, 5.74) is 1.37. The number of nitrogens with one attached hydrogen (secondary N) is 1. The number of guanidine groups is 1. The number of piperidine rings is 1. The average molecular weight is 430 g/mol. The van der Waals surface area contributed by atoms with Crippen LogP contribution in [-0.2, 0) is 0 Å². The Morgan fingerprint density at radius 1 is 1.13 bits per heavy atom. The fourth-order valence-corrected chi connectivity index (χ4v) is 5.38. The maximum Gasteiger partial charge on any atom is 0.193 e. The number of likely N-dealkylation sites (tertiary alicyclic amines) is 2. The topological polar surface area (TPSA) is 43.3 Å². The van der Waals surface area contributed by atoms with Crippen LogP contribution in [0.3, 0.4) is 0 Å². The highest BCUT2D eigenvalue weighted by atomic mass is 16.5. The van der Waals surface area contributed by atoms with Gasteiger partial charge in [-0.15, -0.1) is 0 Å². The molecule has 2 fully saturated rings. The molecule has 0 aromatic heterocycles. The average Bonchev–Trinajstić information content (AvgIpc) is 3.27. The van der Waals surface area contributed by atoms with Gasteiger partial charge in [-0.25, -0.2) is 0 Å². The molecule has 3 atom stereocenters. The molecule has 2 heterocycles. The van der Waals surface area contributed by atoms with E-state index < -0.39 is 0 Å². The van der Waals surface area contributed by atoms with E-state index in [4.69, 9.17) is 9.73 Å². The van der Waals surface area contributed by atoms with Crippen LogP contribution in [0.4, 0.5) is 0 Å². The zero-order valence-corrected chi connectivity index (χ0v) is 20.3. The number of methoxy groups -OCH3 is 1. The van der Waals surface area contributed by atoms with Crippen molar-refractivity contribution in [3.05, 3.63) is 29.8 Å². The van der Waals surface area contributed by atoms with E-state index in [-0.39, 0.29) is 0 Å². The molecule has 31 heavy (non-hydrogen) atoms. The first-order valence-electron chi connectivity index (χ1n) is 12.2. The summed E-state index contributed by atoms with van der Waals surface area (Å²) in [6.07, 6.45) is 3.70. The minimum Gasteiger partial charge on any atom is -0.497 e. The third-order valence-corrected chi connectivity index (χ3v) is 7.07. The van der Waals surface area contributed by atoms with E-state index in [1.807, 2.05) is 0 Å². The summed E-state index contributed by atoms with van der Waals surface area (Å²) in [5, 5.41) is 3.57. The summed E-state index contributed by atoms with van der Waals surface area (Å²) < 4.78 is 5.36. The van der Waals surface area contributed by atoms with Gasteiger partial charge in [-0.2, -0.15) is 0 Å². The maximum atomic E-state index is 5.36. The fraction of sp³-hybridized carbons (Fsp3) is 0.720. The predicted octanol–water partition coefficient (Wildman–Crippen LogP) is 3.46. The predicted molar refractivity (Wildman–Crippen MR) is 130 cm³/mol. The third kappa shape index (κ3) is 5.92. The van der Waals surface area contributed by atoms with Crippen LogP contribution in [0.2, 0.25) is 0 Å². The van der Waals surface area contributed by atoms with E-state index in [0.29, 0.717) is 18.0 Å². The fourth-order valence-electron chi connectivity index (χ4n) is 5.38. The monoisotopic (exact) mass is 429 g/mol. The molecular formula is C25H43N5O. The van der Waals surface area contributed by atoms with Crippen LogP contribution in [-0.4, -0.2) is 86.7 Å². The maximum absolute atomic E-state index is 5.36. The molecule has 174 valence electrons. The standard InChI is InChI=1S/C25H43N5O/c1-6-26-25(30-17-15-22(19-30)29(7-2)8-3)27-18-21-10-9-16-28(4)24(21)20-11-13-23(31-5)14-12-20/h11-14,21-22,24H,6-10,15-19H2,1-5H3,(H,26,27). The zero-order chi connectivity index (χ0) is 22.2. The Labute approximate surface area is 189 Å². The number of nitrogens with zero attached hydrogens (tertiary/aromatic N) is 4. The summed E-state index contributed by atoms with van der Waals surface area (Å²) in [5.74, 6) is 2.55. The first-order valence-corrected chi connectivity index (χ1v) is 12.2. The summed E-state index contributed by atoms with van der Waals surface area (Å²) in [6, 6.07) is 9.67. The third-order valence-electron chi connectivity index (χ3n) is 7.07. The van der Waals surface area contributed by atoms with Crippen molar-refractivity contribution in [2.45, 2.75) is 52.1 Å². The molecule has 1 aromatic rings. The summed E-state index contributed by atoms with van der Waals surface area (Å²) in [4.78, 5) is 12.7. The molecule has 3 unspecified atom stereocenters. The van der Waals surface area contributed by atoms with E-state index in [2.05, 4.69) is 72.1 Å². The van der Waals surface area contributed by atoms with E-state index in [0.717, 1.165) is 57.5 Å². The molecule has 2 saturated heterocycles. The normalized spacial score (nSPS) is 25.3. The van der Waals surface area contributed by atoms with Crippen LogP contribution in [0.5, 0.6) is 5.75 Å². The Kier molecular flexibility index (Phi) is 9.02. The minimum absolute atomic E-state index is 0.410. The van der Waals surface area contributed by atoms with Crippen LogP contribution in [0.25, 0.3) is 0 Å². The summed E-state index contributed by atoms with van der Waals surface area (Å²) >= 11 is 0. The number of likely N-dealkylation sites (N-methyl/N-ethyl adjacent to an activating group) is 1. The Balaban J connectivity index is 1.72. The van der Waals surface area contributed by atoms with Gasteiger partial charge in [-0.3, -0.25) is 14.8 Å². The van der Waals surface area contributed by atoms with Crippen LogP contribution < -0.4 is 10.1 Å². The van der Waals surface area contributed by atoms with Gasteiger partial charge >= 0.3 is 0 Å². The number of hydrogen-bond acceptors (Lipinski definition) is 4. The molecule has 0 spiro atoms. The minimum atomic E-state index is 0.410. The van der Waals surface area contributed by atoms with Gasteiger partial charge in [0.15, 0.2) is 5.96 Å². The van der Waals surface area contributed by atoms with Gasteiger partial charge in [0, 0.05) is 38.3 Å². The summed E-state index contributed by atoms with van der Waals surface area (Å²) in [6.45, 7) is 14.1. The lowest BCUT2D eigenvalue weighted by molar-refractivity contribution is 0.125.